The van der Waals surface area contributed by atoms with E-state index in [0.717, 1.165) is 24.0 Å². The molecule has 236 valence electrons. The highest BCUT2D eigenvalue weighted by atomic mass is 32.2. The largest absolute Gasteiger partial charge is 0.377 e. The molecule has 5 atom stereocenters. The van der Waals surface area contributed by atoms with E-state index in [-0.39, 0.29) is 41.8 Å². The zero-order chi connectivity index (χ0) is 31.2. The van der Waals surface area contributed by atoms with E-state index in [0.29, 0.717) is 37.2 Å². The first kappa shape index (κ1) is 32.4. The number of hydrogen-bond acceptors (Lipinski definition) is 6. The summed E-state index contributed by atoms with van der Waals surface area (Å²) >= 11 is 0. The molecule has 0 aliphatic carbocycles. The van der Waals surface area contributed by atoms with Crippen LogP contribution in [0.2, 0.25) is 0 Å². The number of aryl methyl sites for hydroxylation is 1. The maximum Gasteiger partial charge on any atom is 0.297 e. The van der Waals surface area contributed by atoms with E-state index in [1.165, 1.54) is 5.37 Å². The molecule has 3 aromatic carbocycles. The van der Waals surface area contributed by atoms with E-state index >= 15 is 0 Å². The summed E-state index contributed by atoms with van der Waals surface area (Å²) < 4.78 is 62.9. The minimum atomic E-state index is -4.11. The quantitative estimate of drug-likeness (QED) is 0.142. The molecule has 0 bridgehead atoms. The summed E-state index contributed by atoms with van der Waals surface area (Å²) in [6, 6.07) is 24.5. The van der Waals surface area contributed by atoms with Gasteiger partial charge in [-0.3, -0.25) is 8.98 Å². The van der Waals surface area contributed by atoms with Gasteiger partial charge in [0.1, 0.15) is 9.80 Å². The Labute approximate surface area is 261 Å². The zero-order valence-corrected chi connectivity index (χ0v) is 26.6. The minimum absolute atomic E-state index is 0.0398. The standard InChI is InChI=1S/C34H41NO7S2/c1-26-14-18-30(19-15-26)44(39,40)42-33(22-23-41-25-27-9-4-2-5-10-27)31-20-16-28-17-21-34(36)35(28)32(31)13-8-24-43(37,38)29-11-6-3-7-12-29/h2-7,9-12,14-15,18-19,24,28,31-33H,8,13,16-17,20-23,25H2,1H3,(H,37,38)/t28-,31+,32+,33+/m0/s1. The molecule has 1 N–H and O–H groups in total. The average molecular weight is 640 g/mol. The molecule has 1 amide bonds. The van der Waals surface area contributed by atoms with Crippen molar-refractivity contribution in [2.45, 2.75) is 86.5 Å². The lowest BCUT2D eigenvalue weighted by Crippen LogP contribution is -2.53. The van der Waals surface area contributed by atoms with Crippen molar-refractivity contribution < 1.29 is 30.9 Å². The molecule has 3 aromatic rings. The molecule has 0 aromatic heterocycles. The van der Waals surface area contributed by atoms with E-state index in [2.05, 4.69) is 0 Å². The lowest BCUT2D eigenvalue weighted by molar-refractivity contribution is -0.136. The predicted molar refractivity (Wildman–Crippen MR) is 171 cm³/mol. The van der Waals surface area contributed by atoms with E-state index in [9.17, 15) is 22.0 Å². The molecule has 10 heteroatoms. The number of rotatable bonds is 13. The molecule has 44 heavy (non-hydrogen) atoms. The molecular weight excluding hydrogens is 599 g/mol. The predicted octanol–water partition coefficient (Wildman–Crippen LogP) is 5.84. The summed E-state index contributed by atoms with van der Waals surface area (Å²) in [7, 11) is -7.48. The van der Waals surface area contributed by atoms with Crippen molar-refractivity contribution in [1.29, 1.82) is 0 Å². The Morgan fingerprint density at radius 2 is 1.59 bits per heavy atom. The van der Waals surface area contributed by atoms with Gasteiger partial charge in [-0.2, -0.15) is 8.42 Å². The lowest BCUT2D eigenvalue weighted by atomic mass is 9.79. The highest BCUT2D eigenvalue weighted by molar-refractivity contribution is 7.96. The molecule has 2 aliphatic rings. The van der Waals surface area contributed by atoms with Crippen LogP contribution in [-0.4, -0.2) is 58.1 Å². The van der Waals surface area contributed by atoms with Crippen LogP contribution < -0.4 is 0 Å². The van der Waals surface area contributed by atoms with Gasteiger partial charge in [0.2, 0.25) is 5.91 Å². The molecule has 0 saturated carbocycles. The second-order valence-corrected chi connectivity index (χ2v) is 15.2. The van der Waals surface area contributed by atoms with Crippen LogP contribution in [0.4, 0.5) is 0 Å². The van der Waals surface area contributed by atoms with Crippen molar-refractivity contribution in [3.8, 4) is 0 Å². The van der Waals surface area contributed by atoms with Crippen molar-refractivity contribution in [2.24, 2.45) is 5.92 Å². The van der Waals surface area contributed by atoms with Crippen molar-refractivity contribution in [3.05, 3.63) is 96.1 Å². The van der Waals surface area contributed by atoms with Crippen LogP contribution in [0.25, 0.3) is 0 Å². The number of piperidine rings is 1. The SMILES string of the molecule is Cc1ccc(S(=O)(=O)O[C@H](CCOCc2ccccc2)[C@@H]2CC[C@H]3CCC(=O)N3[C@@H]2CCC=S(=O)(O)c2ccccc2)cc1. The second-order valence-electron chi connectivity index (χ2n) is 11.7. The Hall–Kier alpha value is -3.02. The minimum Gasteiger partial charge on any atom is -0.377 e. The van der Waals surface area contributed by atoms with Crippen LogP contribution in [0, 0.1) is 12.8 Å². The first-order chi connectivity index (χ1) is 21.1. The van der Waals surface area contributed by atoms with Crippen LogP contribution in [0.15, 0.2) is 94.7 Å². The van der Waals surface area contributed by atoms with Gasteiger partial charge in [0.15, 0.2) is 0 Å². The smallest absolute Gasteiger partial charge is 0.297 e. The van der Waals surface area contributed by atoms with E-state index in [1.54, 1.807) is 54.6 Å². The lowest BCUT2D eigenvalue weighted by Gasteiger charge is -2.45. The van der Waals surface area contributed by atoms with Gasteiger partial charge in [-0.1, -0.05) is 66.2 Å². The number of ether oxygens (including phenoxy) is 1. The molecule has 2 fully saturated rings. The molecule has 2 aliphatic heterocycles. The average Bonchev–Trinajstić information content (AvgIpc) is 3.40. The Bertz CT molecular complexity index is 1620. The van der Waals surface area contributed by atoms with E-state index in [1.807, 2.05) is 42.2 Å². The van der Waals surface area contributed by atoms with Gasteiger partial charge in [0, 0.05) is 31.0 Å². The molecular formula is C34H41NO7S2. The van der Waals surface area contributed by atoms with Gasteiger partial charge in [0.05, 0.1) is 22.5 Å². The van der Waals surface area contributed by atoms with Gasteiger partial charge >= 0.3 is 0 Å². The van der Waals surface area contributed by atoms with E-state index < -0.39 is 26.0 Å². The van der Waals surface area contributed by atoms with Gasteiger partial charge in [0.25, 0.3) is 10.1 Å². The van der Waals surface area contributed by atoms with Crippen molar-refractivity contribution in [2.75, 3.05) is 6.61 Å². The van der Waals surface area contributed by atoms with Crippen LogP contribution in [-0.2, 0) is 40.2 Å². The second kappa shape index (κ2) is 14.4. The Morgan fingerprint density at radius 3 is 2.30 bits per heavy atom. The highest BCUT2D eigenvalue weighted by Crippen LogP contribution is 2.40. The van der Waals surface area contributed by atoms with Crippen LogP contribution in [0.1, 0.15) is 56.1 Å². The van der Waals surface area contributed by atoms with Crippen LogP contribution >= 0.6 is 0 Å². The molecule has 0 spiro atoms. The van der Waals surface area contributed by atoms with Gasteiger partial charge in [-0.15, -0.1) is 0 Å². The third-order valence-corrected chi connectivity index (χ3v) is 11.6. The summed E-state index contributed by atoms with van der Waals surface area (Å²) in [5.74, 6) is -0.258. The van der Waals surface area contributed by atoms with Crippen molar-refractivity contribution >= 4 is 31.2 Å². The third kappa shape index (κ3) is 7.97. The topological polar surface area (TPSA) is 110 Å². The third-order valence-electron chi connectivity index (χ3n) is 8.64. The fourth-order valence-corrected chi connectivity index (χ4v) is 8.74. The number of hydrogen-bond donors (Lipinski definition) is 1. The van der Waals surface area contributed by atoms with Crippen LogP contribution in [0.3, 0.4) is 0 Å². The number of amides is 1. The summed E-state index contributed by atoms with van der Waals surface area (Å²) in [4.78, 5) is 15.5. The summed E-state index contributed by atoms with van der Waals surface area (Å²) in [5, 5.41) is 1.42. The summed E-state index contributed by atoms with van der Waals surface area (Å²) in [5.41, 5.74) is 1.95. The Balaban J connectivity index is 1.39. The van der Waals surface area contributed by atoms with E-state index in [4.69, 9.17) is 8.92 Å². The maximum absolute atomic E-state index is 13.5. The number of carbonyl (C=O) groups is 1. The molecule has 1 unspecified atom stereocenters. The Kier molecular flexibility index (Phi) is 10.6. The fraction of sp³-hybridized carbons (Fsp3) is 0.412. The van der Waals surface area contributed by atoms with Gasteiger partial charge in [-0.25, -0.2) is 4.21 Å². The summed E-state index contributed by atoms with van der Waals surface area (Å²) in [6.45, 7) is 2.55. The van der Waals surface area contributed by atoms with Crippen LogP contribution in [0.5, 0.6) is 0 Å². The van der Waals surface area contributed by atoms with Gasteiger partial charge < -0.3 is 14.2 Å². The number of fused-ring (bicyclic) bond motifs is 1. The normalized spacial score (nSPS) is 22.3. The van der Waals surface area contributed by atoms with Crippen molar-refractivity contribution in [3.63, 3.8) is 0 Å². The molecule has 5 rings (SSSR count). The fourth-order valence-electron chi connectivity index (χ4n) is 6.40. The Morgan fingerprint density at radius 1 is 0.909 bits per heavy atom. The van der Waals surface area contributed by atoms with Crippen molar-refractivity contribution in [1.82, 2.24) is 4.90 Å². The molecule has 2 saturated heterocycles. The number of benzene rings is 3. The monoisotopic (exact) mass is 639 g/mol. The molecule has 0 radical (unpaired) electrons. The van der Waals surface area contributed by atoms with Gasteiger partial charge in [-0.05, 0) is 80.6 Å². The number of carbonyl (C=O) groups excluding carboxylic acids is 1. The first-order valence-electron chi connectivity index (χ1n) is 15.2. The summed E-state index contributed by atoms with van der Waals surface area (Å²) in [6.07, 6.45) is 2.92. The molecule has 8 nitrogen and oxygen atoms in total. The highest BCUT2D eigenvalue weighted by Gasteiger charge is 2.46. The molecule has 2 heterocycles. The maximum atomic E-state index is 13.5. The number of nitrogens with zero attached hydrogens (tertiary/aromatic N) is 1. The first-order valence-corrected chi connectivity index (χ1v) is 18.2. The zero-order valence-electron chi connectivity index (χ0n) is 25.0.